The molecule has 2 rings (SSSR count). The zero-order valence-electron chi connectivity index (χ0n) is 9.97. The molecule has 0 aromatic heterocycles. The molecule has 0 saturated heterocycles. The molecule has 0 N–H and O–H groups in total. The average molecular weight is 288 g/mol. The second-order valence-corrected chi connectivity index (χ2v) is 6.08. The molecule has 1 aromatic rings. The van der Waals surface area contributed by atoms with E-state index in [0.717, 1.165) is 0 Å². The van der Waals surface area contributed by atoms with Gasteiger partial charge in [0.1, 0.15) is 5.75 Å². The van der Waals surface area contributed by atoms with E-state index < -0.39 is 10.0 Å². The molecule has 18 heavy (non-hydrogen) atoms. The first-order valence-corrected chi connectivity index (χ1v) is 7.51. The van der Waals surface area contributed by atoms with Crippen molar-refractivity contribution in [3.8, 4) is 5.75 Å². The summed E-state index contributed by atoms with van der Waals surface area (Å²) < 4.78 is 31.2. The van der Waals surface area contributed by atoms with E-state index in [1.54, 1.807) is 30.5 Å². The number of sulfonamides is 1. The number of hydrogen-bond donors (Lipinski definition) is 0. The Hall–Kier alpha value is -1.20. The predicted molar refractivity (Wildman–Crippen MR) is 71.3 cm³/mol. The Bertz CT molecular complexity index is 569. The van der Waals surface area contributed by atoms with E-state index in [1.807, 2.05) is 0 Å². The normalized spacial score (nSPS) is 16.4. The third-order valence-corrected chi connectivity index (χ3v) is 4.85. The fourth-order valence-electron chi connectivity index (χ4n) is 1.87. The summed E-state index contributed by atoms with van der Waals surface area (Å²) in [4.78, 5) is 0.277. The summed E-state index contributed by atoms with van der Waals surface area (Å²) in [6, 6.07) is 5.01. The molecule has 6 heteroatoms. The molecular formula is C12H14ClNO3S. The zero-order chi connectivity index (χ0) is 13.2. The molecule has 0 amide bonds. The Kier molecular flexibility index (Phi) is 3.82. The molecule has 1 aromatic carbocycles. The maximum Gasteiger partial charge on any atom is 0.264 e. The number of methoxy groups -OCH3 is 1. The van der Waals surface area contributed by atoms with Gasteiger partial charge in [0.15, 0.2) is 0 Å². The lowest BCUT2D eigenvalue weighted by molar-refractivity contribution is 0.411. The van der Waals surface area contributed by atoms with Gasteiger partial charge >= 0.3 is 0 Å². The largest absolute Gasteiger partial charge is 0.496 e. The van der Waals surface area contributed by atoms with Crippen molar-refractivity contribution < 1.29 is 13.2 Å². The molecule has 1 aliphatic rings. The highest BCUT2D eigenvalue weighted by molar-refractivity contribution is 7.89. The van der Waals surface area contributed by atoms with Crippen molar-refractivity contribution in [2.75, 3.05) is 19.5 Å². The lowest BCUT2D eigenvalue weighted by Crippen LogP contribution is -2.30. The summed E-state index contributed by atoms with van der Waals surface area (Å²) in [5.41, 5.74) is 0.599. The van der Waals surface area contributed by atoms with Crippen LogP contribution in [-0.2, 0) is 10.0 Å². The SMILES string of the molecule is COc1cccc2c1C=CN(CCCCl)S2(=O)=O. The van der Waals surface area contributed by atoms with Crippen LogP contribution >= 0.6 is 11.6 Å². The van der Waals surface area contributed by atoms with Gasteiger partial charge in [-0.05, 0) is 24.6 Å². The first-order valence-electron chi connectivity index (χ1n) is 5.54. The number of nitrogens with zero attached hydrogens (tertiary/aromatic N) is 1. The van der Waals surface area contributed by atoms with Crippen molar-refractivity contribution in [3.05, 3.63) is 30.0 Å². The standard InChI is InChI=1S/C12H14ClNO3S/c1-17-11-4-2-5-12-10(11)6-9-14(8-3-7-13)18(12,15)16/h2,4-6,9H,3,7-8H2,1H3. The van der Waals surface area contributed by atoms with Gasteiger partial charge in [0.2, 0.25) is 0 Å². The van der Waals surface area contributed by atoms with E-state index in [1.165, 1.54) is 11.4 Å². The highest BCUT2D eigenvalue weighted by Crippen LogP contribution is 2.33. The summed E-state index contributed by atoms with van der Waals surface area (Å²) >= 11 is 5.60. The Morgan fingerprint density at radius 2 is 2.17 bits per heavy atom. The van der Waals surface area contributed by atoms with Gasteiger partial charge in [-0.25, -0.2) is 8.42 Å². The molecule has 1 aliphatic heterocycles. The van der Waals surface area contributed by atoms with Crippen molar-refractivity contribution >= 4 is 27.7 Å². The number of hydrogen-bond acceptors (Lipinski definition) is 3. The summed E-state index contributed by atoms with van der Waals surface area (Å²) in [5, 5.41) is 0. The van der Waals surface area contributed by atoms with Crippen LogP contribution in [0.15, 0.2) is 29.3 Å². The smallest absolute Gasteiger partial charge is 0.264 e. The molecule has 0 fully saturated rings. The van der Waals surface area contributed by atoms with E-state index >= 15 is 0 Å². The maximum absolute atomic E-state index is 12.4. The van der Waals surface area contributed by atoms with Crippen LogP contribution in [0.25, 0.3) is 6.08 Å². The minimum Gasteiger partial charge on any atom is -0.496 e. The fourth-order valence-corrected chi connectivity index (χ4v) is 3.53. The van der Waals surface area contributed by atoms with Gasteiger partial charge in [-0.2, -0.15) is 0 Å². The van der Waals surface area contributed by atoms with E-state index in [-0.39, 0.29) is 4.90 Å². The maximum atomic E-state index is 12.4. The van der Waals surface area contributed by atoms with Crippen LogP contribution in [-0.4, -0.2) is 32.3 Å². The van der Waals surface area contributed by atoms with Gasteiger partial charge in [-0.15, -0.1) is 11.6 Å². The highest BCUT2D eigenvalue weighted by Gasteiger charge is 2.28. The van der Waals surface area contributed by atoms with Crippen LogP contribution in [0, 0.1) is 0 Å². The molecule has 0 unspecified atom stereocenters. The molecule has 0 bridgehead atoms. The topological polar surface area (TPSA) is 46.6 Å². The molecule has 0 radical (unpaired) electrons. The van der Waals surface area contributed by atoms with Crippen LogP contribution in [0.3, 0.4) is 0 Å². The van der Waals surface area contributed by atoms with E-state index in [0.29, 0.717) is 30.2 Å². The number of halogens is 1. The number of rotatable bonds is 4. The monoisotopic (exact) mass is 287 g/mol. The number of benzene rings is 1. The summed E-state index contributed by atoms with van der Waals surface area (Å²) in [7, 11) is -1.96. The first-order chi connectivity index (χ1) is 8.61. The van der Waals surface area contributed by atoms with Crippen LogP contribution < -0.4 is 4.74 Å². The molecule has 1 heterocycles. The summed E-state index contributed by atoms with van der Waals surface area (Å²) in [5.74, 6) is 0.995. The third kappa shape index (κ3) is 2.20. The van der Waals surface area contributed by atoms with E-state index in [2.05, 4.69) is 0 Å². The lowest BCUT2D eigenvalue weighted by atomic mass is 10.2. The second kappa shape index (κ2) is 5.20. The minimum absolute atomic E-state index is 0.277. The van der Waals surface area contributed by atoms with Gasteiger partial charge in [0.05, 0.1) is 12.0 Å². The van der Waals surface area contributed by atoms with Gasteiger partial charge in [0.25, 0.3) is 10.0 Å². The van der Waals surface area contributed by atoms with Gasteiger partial charge in [0, 0.05) is 24.2 Å². The molecule has 4 nitrogen and oxygen atoms in total. The zero-order valence-corrected chi connectivity index (χ0v) is 11.5. The Morgan fingerprint density at radius 3 is 2.83 bits per heavy atom. The Balaban J connectivity index is 2.46. The quantitative estimate of drug-likeness (QED) is 0.798. The molecule has 98 valence electrons. The van der Waals surface area contributed by atoms with Crippen molar-refractivity contribution in [1.29, 1.82) is 0 Å². The van der Waals surface area contributed by atoms with Crippen LogP contribution in [0.2, 0.25) is 0 Å². The van der Waals surface area contributed by atoms with Gasteiger partial charge in [-0.1, -0.05) is 6.07 Å². The molecule has 0 aliphatic carbocycles. The van der Waals surface area contributed by atoms with Gasteiger partial charge in [-0.3, -0.25) is 4.31 Å². The Morgan fingerprint density at radius 1 is 1.39 bits per heavy atom. The molecule has 0 saturated carbocycles. The predicted octanol–water partition coefficient (Wildman–Crippen LogP) is 2.30. The second-order valence-electron chi connectivity index (χ2n) is 3.85. The number of alkyl halides is 1. The summed E-state index contributed by atoms with van der Waals surface area (Å²) in [6.07, 6.45) is 3.93. The van der Waals surface area contributed by atoms with Crippen molar-refractivity contribution in [2.24, 2.45) is 0 Å². The highest BCUT2D eigenvalue weighted by atomic mass is 35.5. The van der Waals surface area contributed by atoms with Crippen LogP contribution in [0.5, 0.6) is 5.75 Å². The molecule has 0 spiro atoms. The van der Waals surface area contributed by atoms with Crippen molar-refractivity contribution in [1.82, 2.24) is 4.31 Å². The van der Waals surface area contributed by atoms with E-state index in [9.17, 15) is 8.42 Å². The average Bonchev–Trinajstić information content (AvgIpc) is 2.37. The van der Waals surface area contributed by atoms with Crippen molar-refractivity contribution in [3.63, 3.8) is 0 Å². The van der Waals surface area contributed by atoms with Gasteiger partial charge < -0.3 is 4.74 Å². The number of ether oxygens (including phenoxy) is 1. The summed E-state index contributed by atoms with van der Waals surface area (Å²) in [6.45, 7) is 0.388. The van der Waals surface area contributed by atoms with Crippen LogP contribution in [0.1, 0.15) is 12.0 Å². The number of fused-ring (bicyclic) bond motifs is 1. The fraction of sp³-hybridized carbons (Fsp3) is 0.333. The molecule has 0 atom stereocenters. The molecular weight excluding hydrogens is 274 g/mol. The Labute approximate surface area is 112 Å². The van der Waals surface area contributed by atoms with E-state index in [4.69, 9.17) is 16.3 Å². The lowest BCUT2D eigenvalue weighted by Gasteiger charge is -2.25. The van der Waals surface area contributed by atoms with Crippen molar-refractivity contribution in [2.45, 2.75) is 11.3 Å². The minimum atomic E-state index is -3.48. The third-order valence-electron chi connectivity index (χ3n) is 2.75. The first kappa shape index (κ1) is 13.2. The van der Waals surface area contributed by atoms with Crippen LogP contribution in [0.4, 0.5) is 0 Å².